The van der Waals surface area contributed by atoms with Crippen molar-refractivity contribution in [3.63, 3.8) is 0 Å². The summed E-state index contributed by atoms with van der Waals surface area (Å²) in [5.74, 6) is -1.71. The normalized spacial score (nSPS) is 9.85. The summed E-state index contributed by atoms with van der Waals surface area (Å²) in [6, 6.07) is 4.92. The Hall–Kier alpha value is -2.57. The van der Waals surface area contributed by atoms with E-state index in [9.17, 15) is 24.5 Å². The fourth-order valence-corrected chi connectivity index (χ4v) is 1.49. The average molecular weight is 279 g/mol. The van der Waals surface area contributed by atoms with Gasteiger partial charge in [0.05, 0.1) is 18.0 Å². The van der Waals surface area contributed by atoms with Gasteiger partial charge < -0.3 is 4.74 Å². The number of nitro benzene ring substituents is 1. The predicted molar refractivity (Wildman–Crippen MR) is 68.3 cm³/mol. The van der Waals surface area contributed by atoms with E-state index in [4.69, 9.17) is 0 Å². The molecule has 0 aliphatic rings. The second kappa shape index (κ2) is 7.13. The van der Waals surface area contributed by atoms with E-state index in [-0.39, 0.29) is 17.9 Å². The molecular formula is C13H13NO6. The first kappa shape index (κ1) is 15.5. The Morgan fingerprint density at radius 1 is 1.15 bits per heavy atom. The summed E-state index contributed by atoms with van der Waals surface area (Å²) < 4.78 is 4.60. The number of carbonyl (C=O) groups excluding carboxylic acids is 3. The lowest BCUT2D eigenvalue weighted by atomic mass is 10.0. The minimum absolute atomic E-state index is 0.139. The number of rotatable bonds is 7. The number of benzene rings is 1. The maximum Gasteiger partial charge on any atom is 0.313 e. The molecule has 20 heavy (non-hydrogen) atoms. The molecule has 106 valence electrons. The van der Waals surface area contributed by atoms with Gasteiger partial charge in [-0.3, -0.25) is 24.5 Å². The van der Waals surface area contributed by atoms with Crippen LogP contribution in [0.2, 0.25) is 0 Å². The lowest BCUT2D eigenvalue weighted by Gasteiger charge is -2.02. The van der Waals surface area contributed by atoms with Gasteiger partial charge in [-0.25, -0.2) is 0 Å². The highest BCUT2D eigenvalue weighted by molar-refractivity contribution is 6.11. The number of Topliss-reactive ketones (excluding diaryl/α,β-unsaturated/α-hetero) is 2. The summed E-state index contributed by atoms with van der Waals surface area (Å²) >= 11 is 0. The Morgan fingerprint density at radius 2 is 1.75 bits per heavy atom. The number of nitro groups is 1. The van der Waals surface area contributed by atoms with Crippen LogP contribution in [0.25, 0.3) is 0 Å². The Kier molecular flexibility index (Phi) is 5.52. The van der Waals surface area contributed by atoms with Crippen molar-refractivity contribution in [2.75, 3.05) is 6.61 Å². The van der Waals surface area contributed by atoms with Crippen LogP contribution in [0.3, 0.4) is 0 Å². The van der Waals surface area contributed by atoms with Crippen molar-refractivity contribution in [1.82, 2.24) is 0 Å². The van der Waals surface area contributed by atoms with E-state index in [1.165, 1.54) is 24.3 Å². The SMILES string of the molecule is CCOC(=O)CC(=O)CC(=O)c1ccc([N+](=O)[O-])cc1. The molecule has 0 heterocycles. The third kappa shape index (κ3) is 4.60. The summed E-state index contributed by atoms with van der Waals surface area (Å²) in [4.78, 5) is 44.1. The number of non-ortho nitro benzene ring substituents is 1. The molecule has 0 aromatic heterocycles. The first-order chi connectivity index (χ1) is 9.43. The fraction of sp³-hybridized carbons (Fsp3) is 0.308. The molecule has 0 bridgehead atoms. The molecule has 0 unspecified atom stereocenters. The van der Waals surface area contributed by atoms with Crippen LogP contribution >= 0.6 is 0 Å². The molecule has 1 rings (SSSR count). The predicted octanol–water partition coefficient (Wildman–Crippen LogP) is 1.69. The number of hydrogen-bond acceptors (Lipinski definition) is 6. The molecule has 0 aliphatic carbocycles. The zero-order chi connectivity index (χ0) is 15.1. The number of hydrogen-bond donors (Lipinski definition) is 0. The molecule has 0 atom stereocenters. The Labute approximate surface area is 114 Å². The lowest BCUT2D eigenvalue weighted by Crippen LogP contribution is -2.14. The van der Waals surface area contributed by atoms with Gasteiger partial charge in [-0.1, -0.05) is 0 Å². The average Bonchev–Trinajstić information content (AvgIpc) is 2.38. The quantitative estimate of drug-likeness (QED) is 0.247. The van der Waals surface area contributed by atoms with Crippen LogP contribution in [0.15, 0.2) is 24.3 Å². The highest BCUT2D eigenvalue weighted by Crippen LogP contribution is 2.13. The molecule has 0 N–H and O–H groups in total. The van der Waals surface area contributed by atoms with Crippen LogP contribution < -0.4 is 0 Å². The van der Waals surface area contributed by atoms with Crippen molar-refractivity contribution >= 4 is 23.2 Å². The van der Waals surface area contributed by atoms with Crippen molar-refractivity contribution in [3.8, 4) is 0 Å². The minimum Gasteiger partial charge on any atom is -0.466 e. The van der Waals surface area contributed by atoms with Crippen molar-refractivity contribution in [2.45, 2.75) is 19.8 Å². The van der Waals surface area contributed by atoms with Crippen molar-refractivity contribution in [2.24, 2.45) is 0 Å². The molecule has 7 heteroatoms. The smallest absolute Gasteiger partial charge is 0.313 e. The number of ether oxygens (including phenoxy) is 1. The molecule has 1 aromatic carbocycles. The topological polar surface area (TPSA) is 104 Å². The molecule has 0 aliphatic heterocycles. The largest absolute Gasteiger partial charge is 0.466 e. The third-order valence-electron chi connectivity index (χ3n) is 2.40. The molecule has 0 saturated carbocycles. The number of ketones is 2. The van der Waals surface area contributed by atoms with Crippen molar-refractivity contribution < 1.29 is 24.0 Å². The number of nitrogens with zero attached hydrogens (tertiary/aromatic N) is 1. The molecular weight excluding hydrogens is 266 g/mol. The molecule has 1 aromatic rings. The van der Waals surface area contributed by atoms with E-state index in [2.05, 4.69) is 4.74 Å². The van der Waals surface area contributed by atoms with Crippen LogP contribution in [0, 0.1) is 10.1 Å². The Morgan fingerprint density at radius 3 is 2.25 bits per heavy atom. The van der Waals surface area contributed by atoms with Gasteiger partial charge in [0.2, 0.25) is 0 Å². The number of esters is 1. The Balaban J connectivity index is 2.60. The van der Waals surface area contributed by atoms with E-state index in [1.807, 2.05) is 0 Å². The van der Waals surface area contributed by atoms with E-state index >= 15 is 0 Å². The highest BCUT2D eigenvalue weighted by Gasteiger charge is 2.16. The first-order valence-corrected chi connectivity index (χ1v) is 5.89. The van der Waals surface area contributed by atoms with Crippen LogP contribution in [0.5, 0.6) is 0 Å². The molecule has 0 radical (unpaired) electrons. The number of carbonyl (C=O) groups is 3. The van der Waals surface area contributed by atoms with Crippen LogP contribution in [-0.4, -0.2) is 29.1 Å². The zero-order valence-electron chi connectivity index (χ0n) is 10.8. The maximum atomic E-state index is 11.7. The summed E-state index contributed by atoms with van der Waals surface area (Å²) in [6.45, 7) is 1.78. The summed E-state index contributed by atoms with van der Waals surface area (Å²) in [6.07, 6.45) is -0.886. The highest BCUT2D eigenvalue weighted by atomic mass is 16.6. The maximum absolute atomic E-state index is 11.7. The van der Waals surface area contributed by atoms with Gasteiger partial charge in [-0.05, 0) is 19.1 Å². The van der Waals surface area contributed by atoms with Crippen LogP contribution in [-0.2, 0) is 14.3 Å². The van der Waals surface area contributed by atoms with Gasteiger partial charge in [0.15, 0.2) is 11.6 Å². The van der Waals surface area contributed by atoms with Crippen molar-refractivity contribution in [3.05, 3.63) is 39.9 Å². The second-order valence-electron chi connectivity index (χ2n) is 3.92. The molecule has 0 fully saturated rings. The van der Waals surface area contributed by atoms with E-state index in [0.717, 1.165) is 0 Å². The second-order valence-corrected chi connectivity index (χ2v) is 3.92. The van der Waals surface area contributed by atoms with Gasteiger partial charge in [-0.2, -0.15) is 0 Å². The van der Waals surface area contributed by atoms with Gasteiger partial charge in [0.1, 0.15) is 6.42 Å². The minimum atomic E-state index is -0.672. The summed E-state index contributed by atoms with van der Waals surface area (Å²) in [5.41, 5.74) is 0.0483. The van der Waals surface area contributed by atoms with Gasteiger partial charge in [-0.15, -0.1) is 0 Å². The van der Waals surface area contributed by atoms with E-state index in [0.29, 0.717) is 0 Å². The summed E-state index contributed by atoms with van der Waals surface area (Å²) in [5, 5.41) is 10.5. The molecule has 0 spiro atoms. The Bertz CT molecular complexity index is 534. The van der Waals surface area contributed by atoms with Crippen molar-refractivity contribution in [1.29, 1.82) is 0 Å². The van der Waals surface area contributed by atoms with Crippen LogP contribution in [0.1, 0.15) is 30.1 Å². The first-order valence-electron chi connectivity index (χ1n) is 5.89. The molecule has 0 saturated heterocycles. The zero-order valence-corrected chi connectivity index (χ0v) is 10.8. The van der Waals surface area contributed by atoms with Gasteiger partial charge in [0, 0.05) is 17.7 Å². The van der Waals surface area contributed by atoms with E-state index in [1.54, 1.807) is 6.92 Å². The fourth-order valence-electron chi connectivity index (χ4n) is 1.49. The molecule has 0 amide bonds. The van der Waals surface area contributed by atoms with Gasteiger partial charge in [0.25, 0.3) is 5.69 Å². The van der Waals surface area contributed by atoms with E-state index < -0.39 is 35.3 Å². The lowest BCUT2D eigenvalue weighted by molar-refractivity contribution is -0.384. The third-order valence-corrected chi connectivity index (χ3v) is 2.40. The van der Waals surface area contributed by atoms with Gasteiger partial charge >= 0.3 is 5.97 Å². The standard InChI is InChI=1S/C13H13NO6/c1-2-20-13(17)8-11(15)7-12(16)9-3-5-10(6-4-9)14(18)19/h3-6H,2,7-8H2,1H3. The monoisotopic (exact) mass is 279 g/mol. The molecule has 7 nitrogen and oxygen atoms in total. The van der Waals surface area contributed by atoms with Crippen LogP contribution in [0.4, 0.5) is 5.69 Å². The summed E-state index contributed by atoms with van der Waals surface area (Å²) in [7, 11) is 0.